The molecule has 0 spiro atoms. The summed E-state index contributed by atoms with van der Waals surface area (Å²) in [6, 6.07) is 16.3. The number of carbonyl (C=O) groups excluding carboxylic acids is 1. The second-order valence-electron chi connectivity index (χ2n) is 8.17. The second-order valence-corrected chi connectivity index (χ2v) is 8.17. The van der Waals surface area contributed by atoms with Crippen molar-refractivity contribution in [3.63, 3.8) is 0 Å². The molecule has 164 valence electrons. The van der Waals surface area contributed by atoms with Crippen LogP contribution in [0, 0.1) is 0 Å². The van der Waals surface area contributed by atoms with Crippen molar-refractivity contribution in [2.45, 2.75) is 45.7 Å². The normalized spacial score (nSPS) is 15.0. The highest BCUT2D eigenvalue weighted by Crippen LogP contribution is 2.29. The fourth-order valence-corrected chi connectivity index (χ4v) is 4.25. The Morgan fingerprint density at radius 2 is 1.74 bits per heavy atom. The first kappa shape index (κ1) is 21.4. The monoisotopic (exact) mass is 420 g/mol. The zero-order chi connectivity index (χ0) is 21.6. The molecule has 1 aliphatic rings. The Labute approximate surface area is 184 Å². The van der Waals surface area contributed by atoms with Crippen LogP contribution in [-0.4, -0.2) is 47.0 Å². The fraction of sp³-hybridized carbons (Fsp3) is 0.440. The molecule has 0 unspecified atom stereocenters. The van der Waals surface area contributed by atoms with E-state index in [1.54, 1.807) is 0 Å². The number of amides is 2. The molecule has 0 atom stereocenters. The number of nitrogens with one attached hydrogen (secondary N) is 1. The van der Waals surface area contributed by atoms with Crippen molar-refractivity contribution in [2.24, 2.45) is 0 Å². The lowest BCUT2D eigenvalue weighted by Gasteiger charge is -2.30. The van der Waals surface area contributed by atoms with Gasteiger partial charge in [0.1, 0.15) is 5.52 Å². The van der Waals surface area contributed by atoms with Gasteiger partial charge in [-0.2, -0.15) is 0 Å². The van der Waals surface area contributed by atoms with E-state index in [1.807, 2.05) is 35.2 Å². The second kappa shape index (κ2) is 9.96. The number of aromatic nitrogens is 1. The van der Waals surface area contributed by atoms with Gasteiger partial charge in [0, 0.05) is 32.1 Å². The van der Waals surface area contributed by atoms with Crippen molar-refractivity contribution in [3.05, 3.63) is 65.5 Å². The number of hydrogen-bond donors (Lipinski definition) is 1. The minimum Gasteiger partial charge on any atom is -0.440 e. The first-order valence-electron chi connectivity index (χ1n) is 11.3. The van der Waals surface area contributed by atoms with E-state index in [9.17, 15) is 4.79 Å². The van der Waals surface area contributed by atoms with Crippen molar-refractivity contribution in [1.82, 2.24) is 20.1 Å². The molecule has 6 nitrogen and oxygen atoms in total. The molecule has 1 aromatic heterocycles. The predicted molar refractivity (Wildman–Crippen MR) is 123 cm³/mol. The molecular weight excluding hydrogens is 388 g/mol. The van der Waals surface area contributed by atoms with E-state index >= 15 is 0 Å². The van der Waals surface area contributed by atoms with Gasteiger partial charge < -0.3 is 14.6 Å². The Balaban J connectivity index is 1.31. The lowest BCUT2D eigenvalue weighted by molar-refractivity contribution is 0.177. The lowest BCUT2D eigenvalue weighted by Crippen LogP contribution is -2.44. The van der Waals surface area contributed by atoms with Crippen LogP contribution in [0.4, 0.5) is 4.79 Å². The summed E-state index contributed by atoms with van der Waals surface area (Å²) in [7, 11) is 0. The van der Waals surface area contributed by atoms with Gasteiger partial charge in [-0.15, -0.1) is 0 Å². The van der Waals surface area contributed by atoms with Gasteiger partial charge >= 0.3 is 6.03 Å². The molecule has 3 aromatic rings. The zero-order valence-electron chi connectivity index (χ0n) is 18.5. The maximum atomic E-state index is 12.8. The third kappa shape index (κ3) is 5.07. The highest BCUT2D eigenvalue weighted by Gasteiger charge is 2.27. The molecule has 31 heavy (non-hydrogen) atoms. The van der Waals surface area contributed by atoms with Gasteiger partial charge in [0.25, 0.3) is 0 Å². The summed E-state index contributed by atoms with van der Waals surface area (Å²) in [5.41, 5.74) is 4.20. The van der Waals surface area contributed by atoms with E-state index in [4.69, 9.17) is 4.42 Å². The van der Waals surface area contributed by atoms with Gasteiger partial charge in [-0.1, -0.05) is 50.2 Å². The van der Waals surface area contributed by atoms with Crippen LogP contribution < -0.4 is 5.32 Å². The van der Waals surface area contributed by atoms with Crippen molar-refractivity contribution in [2.75, 3.05) is 26.2 Å². The Kier molecular flexibility index (Phi) is 6.87. The van der Waals surface area contributed by atoms with Gasteiger partial charge in [-0.3, -0.25) is 4.90 Å². The first-order valence-corrected chi connectivity index (χ1v) is 11.3. The summed E-state index contributed by atoms with van der Waals surface area (Å²) in [4.78, 5) is 21.7. The topological polar surface area (TPSA) is 61.6 Å². The third-order valence-electron chi connectivity index (χ3n) is 6.28. The molecule has 0 radical (unpaired) electrons. The average Bonchev–Trinajstić information content (AvgIpc) is 3.26. The van der Waals surface area contributed by atoms with Gasteiger partial charge in [0.2, 0.25) is 0 Å². The Hall–Kier alpha value is -2.86. The Morgan fingerprint density at radius 1 is 1.06 bits per heavy atom. The summed E-state index contributed by atoms with van der Waals surface area (Å²) in [6.45, 7) is 9.30. The smallest absolute Gasteiger partial charge is 0.317 e. The summed E-state index contributed by atoms with van der Waals surface area (Å²) in [5, 5.41) is 3.12. The molecule has 1 saturated heterocycles. The number of benzene rings is 2. The largest absolute Gasteiger partial charge is 0.440 e. The van der Waals surface area contributed by atoms with Crippen LogP contribution in [0.15, 0.2) is 52.9 Å². The highest BCUT2D eigenvalue weighted by molar-refractivity contribution is 5.74. The van der Waals surface area contributed by atoms with Crippen LogP contribution in [0.1, 0.15) is 49.6 Å². The first-order chi connectivity index (χ1) is 15.2. The predicted octanol–water partition coefficient (Wildman–Crippen LogP) is 4.76. The lowest BCUT2D eigenvalue weighted by atomic mass is 9.97. The molecule has 0 bridgehead atoms. The van der Waals surface area contributed by atoms with Crippen LogP contribution in [0.25, 0.3) is 11.1 Å². The van der Waals surface area contributed by atoms with Crippen molar-refractivity contribution in [1.29, 1.82) is 0 Å². The summed E-state index contributed by atoms with van der Waals surface area (Å²) in [5.74, 6) is 1.07. The number of carbonyl (C=O) groups is 1. The summed E-state index contributed by atoms with van der Waals surface area (Å²) < 4.78 is 5.94. The molecular formula is C25H32N4O2. The van der Waals surface area contributed by atoms with Crippen LogP contribution in [0.2, 0.25) is 0 Å². The number of urea groups is 1. The van der Waals surface area contributed by atoms with Crippen molar-refractivity contribution >= 4 is 17.1 Å². The molecule has 1 N–H and O–H groups in total. The standard InChI is InChI=1S/C25H32N4O2/c1-3-28(4-2)18-21-10-6-5-9-20(21)17-26-25(30)29-15-13-19(14-16-29)24-27-22-11-7-8-12-23(22)31-24/h5-12,19H,3-4,13-18H2,1-2H3,(H,26,30). The molecule has 1 fully saturated rings. The molecule has 2 amide bonds. The summed E-state index contributed by atoms with van der Waals surface area (Å²) >= 11 is 0. The number of likely N-dealkylation sites (tertiary alicyclic amines) is 1. The average molecular weight is 421 g/mol. The van der Waals surface area contributed by atoms with Crippen LogP contribution >= 0.6 is 0 Å². The van der Waals surface area contributed by atoms with Crippen LogP contribution in [-0.2, 0) is 13.1 Å². The molecule has 2 heterocycles. The number of fused-ring (bicyclic) bond motifs is 1. The minimum atomic E-state index is 0.00802. The van der Waals surface area contributed by atoms with E-state index in [2.05, 4.69) is 47.2 Å². The highest BCUT2D eigenvalue weighted by atomic mass is 16.3. The maximum absolute atomic E-state index is 12.8. The number of oxazole rings is 1. The molecule has 4 rings (SSSR count). The Morgan fingerprint density at radius 3 is 2.45 bits per heavy atom. The number of piperidine rings is 1. The van der Waals surface area contributed by atoms with Gasteiger partial charge in [-0.05, 0) is 49.2 Å². The van der Waals surface area contributed by atoms with Gasteiger partial charge in [-0.25, -0.2) is 9.78 Å². The number of rotatable bonds is 7. The molecule has 0 aliphatic carbocycles. The molecule has 0 saturated carbocycles. The third-order valence-corrected chi connectivity index (χ3v) is 6.28. The molecule has 1 aliphatic heterocycles. The maximum Gasteiger partial charge on any atom is 0.317 e. The molecule has 6 heteroatoms. The fourth-order valence-electron chi connectivity index (χ4n) is 4.25. The van der Waals surface area contributed by atoms with Crippen LogP contribution in [0.5, 0.6) is 0 Å². The SMILES string of the molecule is CCN(CC)Cc1ccccc1CNC(=O)N1CCC(c2nc3ccccc3o2)CC1. The number of nitrogens with zero attached hydrogens (tertiary/aromatic N) is 3. The van der Waals surface area contributed by atoms with Gasteiger partial charge in [0.15, 0.2) is 11.5 Å². The summed E-state index contributed by atoms with van der Waals surface area (Å²) in [6.07, 6.45) is 1.75. The van der Waals surface area contributed by atoms with Crippen LogP contribution in [0.3, 0.4) is 0 Å². The minimum absolute atomic E-state index is 0.00802. The number of para-hydroxylation sites is 2. The number of hydrogen-bond acceptors (Lipinski definition) is 4. The van der Waals surface area contributed by atoms with E-state index in [-0.39, 0.29) is 11.9 Å². The van der Waals surface area contributed by atoms with E-state index in [0.29, 0.717) is 6.54 Å². The van der Waals surface area contributed by atoms with Gasteiger partial charge in [0.05, 0.1) is 0 Å². The Bertz CT molecular complexity index is 970. The zero-order valence-corrected chi connectivity index (χ0v) is 18.5. The van der Waals surface area contributed by atoms with E-state index in [0.717, 1.165) is 62.6 Å². The quantitative estimate of drug-likeness (QED) is 0.599. The van der Waals surface area contributed by atoms with E-state index < -0.39 is 0 Å². The molecule has 2 aromatic carbocycles. The van der Waals surface area contributed by atoms with Crippen molar-refractivity contribution < 1.29 is 9.21 Å². The van der Waals surface area contributed by atoms with Crippen molar-refractivity contribution in [3.8, 4) is 0 Å². The van der Waals surface area contributed by atoms with E-state index in [1.165, 1.54) is 11.1 Å².